The van der Waals surface area contributed by atoms with Crippen LogP contribution in [0.15, 0.2) is 48.5 Å². The van der Waals surface area contributed by atoms with Gasteiger partial charge < -0.3 is 15.0 Å². The number of methoxy groups -OCH3 is 1. The van der Waals surface area contributed by atoms with E-state index in [9.17, 15) is 4.79 Å². The second-order valence-corrected chi connectivity index (χ2v) is 7.87. The monoisotopic (exact) mass is 352 g/mol. The first-order chi connectivity index (χ1) is 12.4. The summed E-state index contributed by atoms with van der Waals surface area (Å²) in [6.07, 6.45) is 0.827. The van der Waals surface area contributed by atoms with E-state index in [0.717, 1.165) is 12.2 Å². The predicted molar refractivity (Wildman–Crippen MR) is 105 cm³/mol. The first-order valence-electron chi connectivity index (χ1n) is 9.16. The molecule has 0 saturated carbocycles. The third-order valence-electron chi connectivity index (χ3n) is 5.05. The molecule has 1 aliphatic rings. The van der Waals surface area contributed by atoms with Gasteiger partial charge in [-0.15, -0.1) is 0 Å². The van der Waals surface area contributed by atoms with E-state index >= 15 is 0 Å². The molecule has 4 nitrogen and oxygen atoms in total. The van der Waals surface area contributed by atoms with Gasteiger partial charge in [-0.3, -0.25) is 0 Å². The van der Waals surface area contributed by atoms with Crippen molar-refractivity contribution >= 4 is 6.03 Å². The minimum atomic E-state index is 0.0170. The van der Waals surface area contributed by atoms with E-state index in [1.807, 2.05) is 17.0 Å². The van der Waals surface area contributed by atoms with Gasteiger partial charge in [0, 0.05) is 13.1 Å². The highest BCUT2D eigenvalue weighted by Gasteiger charge is 2.31. The van der Waals surface area contributed by atoms with Crippen molar-refractivity contribution < 1.29 is 9.53 Å². The summed E-state index contributed by atoms with van der Waals surface area (Å²) in [6.45, 7) is 8.00. The molecule has 2 aromatic carbocycles. The number of nitrogens with one attached hydrogen (secondary N) is 1. The fourth-order valence-corrected chi connectivity index (χ4v) is 3.34. The molecule has 1 N–H and O–H groups in total. The molecule has 1 saturated heterocycles. The summed E-state index contributed by atoms with van der Waals surface area (Å²) >= 11 is 0. The van der Waals surface area contributed by atoms with Crippen LogP contribution in [-0.4, -0.2) is 31.1 Å². The Hall–Kier alpha value is -2.49. The predicted octanol–water partition coefficient (Wildman–Crippen LogP) is 4.30. The smallest absolute Gasteiger partial charge is 0.318 e. The molecule has 1 aliphatic heterocycles. The zero-order chi connectivity index (χ0) is 18.7. The van der Waals surface area contributed by atoms with Gasteiger partial charge in [-0.2, -0.15) is 0 Å². The number of rotatable bonds is 5. The average molecular weight is 352 g/mol. The minimum absolute atomic E-state index is 0.0170. The number of carbonyl (C=O) groups excluding carboxylic acids is 1. The molecule has 138 valence electrons. The van der Waals surface area contributed by atoms with Crippen LogP contribution in [0.25, 0.3) is 0 Å². The van der Waals surface area contributed by atoms with Crippen molar-refractivity contribution in [2.45, 2.75) is 38.6 Å². The highest BCUT2D eigenvalue weighted by molar-refractivity contribution is 5.77. The van der Waals surface area contributed by atoms with Crippen molar-refractivity contribution in [2.75, 3.05) is 20.2 Å². The molecule has 0 aliphatic carbocycles. The summed E-state index contributed by atoms with van der Waals surface area (Å²) in [5, 5.41) is 2.98. The molecule has 3 rings (SSSR count). The van der Waals surface area contributed by atoms with Crippen LogP contribution in [-0.2, 0) is 11.8 Å². The van der Waals surface area contributed by atoms with E-state index in [1.54, 1.807) is 7.11 Å². The largest absolute Gasteiger partial charge is 0.497 e. The Morgan fingerprint density at radius 3 is 2.31 bits per heavy atom. The van der Waals surface area contributed by atoms with Crippen molar-refractivity contribution in [3.05, 3.63) is 65.2 Å². The third-order valence-corrected chi connectivity index (χ3v) is 5.05. The van der Waals surface area contributed by atoms with E-state index in [-0.39, 0.29) is 17.5 Å². The first kappa shape index (κ1) is 18.3. The molecule has 26 heavy (non-hydrogen) atoms. The molecule has 4 heteroatoms. The van der Waals surface area contributed by atoms with Gasteiger partial charge in [0.2, 0.25) is 0 Å². The summed E-state index contributed by atoms with van der Waals surface area (Å²) in [7, 11) is 1.67. The van der Waals surface area contributed by atoms with E-state index in [0.29, 0.717) is 13.1 Å². The minimum Gasteiger partial charge on any atom is -0.497 e. The molecular formula is C22H28N2O2. The lowest BCUT2D eigenvalue weighted by molar-refractivity contribution is 0.205. The fraction of sp³-hybridized carbons (Fsp3) is 0.409. The van der Waals surface area contributed by atoms with Crippen molar-refractivity contribution in [2.24, 2.45) is 0 Å². The van der Waals surface area contributed by atoms with Crippen LogP contribution in [0, 0.1) is 0 Å². The highest BCUT2D eigenvalue weighted by atomic mass is 16.5. The Labute approximate surface area is 156 Å². The van der Waals surface area contributed by atoms with Crippen LogP contribution in [0.2, 0.25) is 0 Å². The SMILES string of the molecule is COc1ccc(CCN2C(=O)NC[C@H]2c2ccc(C(C)(C)C)cc2)cc1. The lowest BCUT2D eigenvalue weighted by Gasteiger charge is -2.25. The van der Waals surface area contributed by atoms with Gasteiger partial charge in [-0.05, 0) is 40.7 Å². The Morgan fingerprint density at radius 2 is 1.73 bits per heavy atom. The van der Waals surface area contributed by atoms with E-state index in [2.05, 4.69) is 62.5 Å². The molecule has 2 aromatic rings. The summed E-state index contributed by atoms with van der Waals surface area (Å²) < 4.78 is 5.20. The fourth-order valence-electron chi connectivity index (χ4n) is 3.34. The van der Waals surface area contributed by atoms with Gasteiger partial charge in [-0.1, -0.05) is 57.2 Å². The van der Waals surface area contributed by atoms with Gasteiger partial charge >= 0.3 is 6.03 Å². The van der Waals surface area contributed by atoms with Crippen molar-refractivity contribution in [1.82, 2.24) is 10.2 Å². The molecule has 1 heterocycles. The van der Waals surface area contributed by atoms with Crippen LogP contribution in [0.3, 0.4) is 0 Å². The standard InChI is InChI=1S/C22H28N2O2/c1-22(2,3)18-9-7-17(8-10-18)20-15-23-21(25)24(20)14-13-16-5-11-19(26-4)12-6-16/h5-12,20H,13-15H2,1-4H3,(H,23,25)/t20-/m0/s1. The Kier molecular flexibility index (Phi) is 5.21. The number of ether oxygens (including phenoxy) is 1. The zero-order valence-corrected chi connectivity index (χ0v) is 16.1. The van der Waals surface area contributed by atoms with Gasteiger partial charge in [0.25, 0.3) is 0 Å². The quantitative estimate of drug-likeness (QED) is 0.871. The molecule has 0 radical (unpaired) electrons. The van der Waals surface area contributed by atoms with Crippen LogP contribution < -0.4 is 10.1 Å². The molecule has 1 atom stereocenters. The van der Waals surface area contributed by atoms with E-state index < -0.39 is 0 Å². The second-order valence-electron chi connectivity index (χ2n) is 7.87. The van der Waals surface area contributed by atoms with Gasteiger partial charge in [0.1, 0.15) is 5.75 Å². The van der Waals surface area contributed by atoms with Gasteiger partial charge in [0.05, 0.1) is 13.2 Å². The van der Waals surface area contributed by atoms with E-state index in [1.165, 1.54) is 16.7 Å². The molecule has 2 amide bonds. The molecule has 1 fully saturated rings. The molecular weight excluding hydrogens is 324 g/mol. The summed E-state index contributed by atoms with van der Waals surface area (Å²) in [4.78, 5) is 14.2. The van der Waals surface area contributed by atoms with Crippen LogP contribution in [0.4, 0.5) is 4.79 Å². The van der Waals surface area contributed by atoms with Crippen LogP contribution in [0.1, 0.15) is 43.5 Å². The maximum Gasteiger partial charge on any atom is 0.318 e. The normalized spacial score (nSPS) is 17.3. The number of nitrogens with zero attached hydrogens (tertiary/aromatic N) is 1. The van der Waals surface area contributed by atoms with Gasteiger partial charge in [0.15, 0.2) is 0 Å². The average Bonchev–Trinajstić information content (AvgIpc) is 3.00. The number of benzene rings is 2. The first-order valence-corrected chi connectivity index (χ1v) is 9.16. The second kappa shape index (κ2) is 7.40. The number of urea groups is 1. The Morgan fingerprint density at radius 1 is 1.08 bits per heavy atom. The molecule has 0 unspecified atom stereocenters. The topological polar surface area (TPSA) is 41.6 Å². The van der Waals surface area contributed by atoms with Crippen molar-refractivity contribution in [3.8, 4) is 5.75 Å². The van der Waals surface area contributed by atoms with Crippen LogP contribution in [0.5, 0.6) is 5.75 Å². The molecule has 0 spiro atoms. The third kappa shape index (κ3) is 4.01. The lowest BCUT2D eigenvalue weighted by Crippen LogP contribution is -2.31. The maximum absolute atomic E-state index is 12.3. The zero-order valence-electron chi connectivity index (χ0n) is 16.1. The molecule has 0 bridgehead atoms. The number of amides is 2. The highest BCUT2D eigenvalue weighted by Crippen LogP contribution is 2.28. The lowest BCUT2D eigenvalue weighted by atomic mass is 9.86. The number of hydrogen-bond acceptors (Lipinski definition) is 2. The van der Waals surface area contributed by atoms with Crippen molar-refractivity contribution in [1.29, 1.82) is 0 Å². The summed E-state index contributed by atoms with van der Waals surface area (Å²) in [5.74, 6) is 0.851. The number of hydrogen-bond donors (Lipinski definition) is 1. The summed E-state index contributed by atoms with van der Waals surface area (Å²) in [6, 6.07) is 16.8. The maximum atomic E-state index is 12.3. The summed E-state index contributed by atoms with van der Waals surface area (Å²) in [5.41, 5.74) is 3.83. The Balaban J connectivity index is 1.70. The number of carbonyl (C=O) groups is 1. The van der Waals surface area contributed by atoms with Crippen molar-refractivity contribution in [3.63, 3.8) is 0 Å². The van der Waals surface area contributed by atoms with Gasteiger partial charge in [-0.25, -0.2) is 4.79 Å². The van der Waals surface area contributed by atoms with Crippen LogP contribution >= 0.6 is 0 Å². The molecule has 0 aromatic heterocycles. The van der Waals surface area contributed by atoms with E-state index in [4.69, 9.17) is 4.74 Å². The Bertz CT molecular complexity index is 745.